The second-order valence-electron chi connectivity index (χ2n) is 32.7. The van der Waals surface area contributed by atoms with Gasteiger partial charge in [-0.3, -0.25) is 38.8 Å². The summed E-state index contributed by atoms with van der Waals surface area (Å²) < 4.78 is 24.4. The number of ether oxygens (including phenoxy) is 4. The summed E-state index contributed by atoms with van der Waals surface area (Å²) in [6.07, 6.45) is 3.95. The van der Waals surface area contributed by atoms with Crippen LogP contribution in [0.3, 0.4) is 0 Å². The van der Waals surface area contributed by atoms with E-state index in [9.17, 15) is 19.2 Å². The van der Waals surface area contributed by atoms with Crippen molar-refractivity contribution in [3.05, 3.63) is 209 Å². The Labute approximate surface area is 700 Å². The molecule has 0 atom stereocenters. The fourth-order valence-corrected chi connectivity index (χ4v) is 17.6. The van der Waals surface area contributed by atoms with E-state index in [1.54, 1.807) is 0 Å². The number of piperazine rings is 2. The van der Waals surface area contributed by atoms with Gasteiger partial charge in [0.15, 0.2) is 0 Å². The minimum absolute atomic E-state index is 0.184. The molecule has 0 bridgehead atoms. The molecule has 0 saturated carbocycles. The first-order valence-corrected chi connectivity index (χ1v) is 43.0. The van der Waals surface area contributed by atoms with Crippen LogP contribution in [-0.2, 0) is 26.2 Å². The highest BCUT2D eigenvalue weighted by atomic mass is 16.5. The molecule has 4 aromatic heterocycles. The van der Waals surface area contributed by atoms with Gasteiger partial charge >= 0.3 is 0 Å². The maximum Gasteiger partial charge on any atom is 0.272 e. The van der Waals surface area contributed by atoms with Gasteiger partial charge in [-0.1, -0.05) is 83.1 Å². The Hall–Kier alpha value is -10.9. The number of nitrogens with one attached hydrogen (secondary N) is 4. The van der Waals surface area contributed by atoms with Gasteiger partial charge < -0.3 is 48.3 Å². The smallest absolute Gasteiger partial charge is 0.272 e. The van der Waals surface area contributed by atoms with E-state index >= 15 is 0 Å². The van der Waals surface area contributed by atoms with Crippen LogP contribution in [0, 0.1) is 0 Å². The molecule has 120 heavy (non-hydrogen) atoms. The van der Waals surface area contributed by atoms with Crippen LogP contribution in [0.5, 0.6) is 46.0 Å². The molecule has 4 N–H and O–H groups in total. The number of aromatic nitrogens is 8. The van der Waals surface area contributed by atoms with E-state index in [-0.39, 0.29) is 22.2 Å². The van der Waals surface area contributed by atoms with Crippen LogP contribution in [0.15, 0.2) is 165 Å². The van der Waals surface area contributed by atoms with Gasteiger partial charge in [0.1, 0.15) is 68.8 Å². The molecule has 0 spiro atoms. The molecule has 26 nitrogen and oxygen atoms in total. The van der Waals surface area contributed by atoms with Gasteiger partial charge in [-0.2, -0.15) is 20.4 Å². The molecular formula is C94H112N18O8. The number of rotatable bonds is 26. The number of hydrogen-bond donors (Lipinski definition) is 4. The summed E-state index contributed by atoms with van der Waals surface area (Å²) in [6.45, 7) is 40.2. The largest absolute Gasteiger partial charge is 0.456 e. The van der Waals surface area contributed by atoms with Crippen LogP contribution >= 0.6 is 0 Å². The molecule has 0 amide bonds. The molecule has 11 heterocycles. The van der Waals surface area contributed by atoms with Gasteiger partial charge in [0.25, 0.3) is 22.2 Å². The Balaban J connectivity index is 0.000000119. The lowest BCUT2D eigenvalue weighted by Crippen LogP contribution is -2.47. The van der Waals surface area contributed by atoms with Gasteiger partial charge in [-0.15, -0.1) is 0 Å². The van der Waals surface area contributed by atoms with Crippen LogP contribution < -0.4 is 41.2 Å². The molecule has 3 saturated heterocycles. The zero-order chi connectivity index (χ0) is 82.9. The van der Waals surface area contributed by atoms with E-state index in [1.807, 2.05) is 97.1 Å². The number of fused-ring (bicyclic) bond motifs is 8. The van der Waals surface area contributed by atoms with Gasteiger partial charge in [-0.25, -0.2) is 20.4 Å². The summed E-state index contributed by atoms with van der Waals surface area (Å²) in [7, 11) is 6.41. The van der Waals surface area contributed by atoms with Crippen molar-refractivity contribution in [1.82, 2.24) is 89.8 Å². The number of H-pyrrole nitrogens is 4. The maximum absolute atomic E-state index is 12.2. The van der Waals surface area contributed by atoms with E-state index in [1.165, 1.54) is 74.2 Å². The third-order valence-electron chi connectivity index (χ3n) is 24.6. The lowest BCUT2D eigenvalue weighted by atomic mass is 9.99. The molecule has 7 aliphatic rings. The molecule has 26 heteroatoms. The Bertz CT molecular complexity index is 5900. The van der Waals surface area contributed by atoms with E-state index < -0.39 is 0 Å². The fourth-order valence-electron chi connectivity index (χ4n) is 17.6. The Morgan fingerprint density at radius 1 is 0.325 bits per heavy atom. The highest BCUT2D eigenvalue weighted by Gasteiger charge is 2.30. The normalized spacial score (nSPS) is 15.3. The number of benzene rings is 8. The third-order valence-corrected chi connectivity index (χ3v) is 24.6. The molecular weight excluding hydrogens is 1510 g/mol. The summed E-state index contributed by atoms with van der Waals surface area (Å²) in [5, 5.41) is 33.6. The van der Waals surface area contributed by atoms with Crippen LogP contribution in [0.2, 0.25) is 0 Å². The second-order valence-corrected chi connectivity index (χ2v) is 32.7. The zero-order valence-corrected chi connectivity index (χ0v) is 70.6. The first-order chi connectivity index (χ1) is 58.6. The maximum atomic E-state index is 12.2. The molecule has 12 aromatic rings. The number of nitrogens with zero attached hydrogens (tertiary/aromatic N) is 14. The fraction of sp³-hybridized carbons (Fsp3) is 0.404. The lowest BCUT2D eigenvalue weighted by Gasteiger charge is -2.35. The molecule has 8 aromatic carbocycles. The first-order valence-electron chi connectivity index (χ1n) is 43.0. The van der Waals surface area contributed by atoms with Crippen molar-refractivity contribution in [2.24, 2.45) is 0 Å². The van der Waals surface area contributed by atoms with Crippen molar-refractivity contribution < 1.29 is 18.9 Å². The van der Waals surface area contributed by atoms with Gasteiger partial charge in [-0.05, 0) is 219 Å². The van der Waals surface area contributed by atoms with Crippen LogP contribution in [0.25, 0.3) is 88.1 Å². The van der Waals surface area contributed by atoms with Crippen molar-refractivity contribution in [3.63, 3.8) is 0 Å². The number of aromatic amines is 4. The van der Waals surface area contributed by atoms with Gasteiger partial charge in [0.2, 0.25) is 0 Å². The lowest BCUT2D eigenvalue weighted by molar-refractivity contribution is 0.117. The van der Waals surface area contributed by atoms with Crippen LogP contribution in [-0.4, -0.2) is 261 Å². The van der Waals surface area contributed by atoms with Crippen molar-refractivity contribution in [2.75, 3.05) is 172 Å². The highest BCUT2D eigenvalue weighted by molar-refractivity contribution is 6.05. The molecule has 0 radical (unpaired) electrons. The first kappa shape index (κ1) is 82.8. The third kappa shape index (κ3) is 18.5. The predicted octanol–water partition coefficient (Wildman–Crippen LogP) is 13.0. The average Bonchev–Trinajstić information content (AvgIpc) is 0.842. The zero-order valence-electron chi connectivity index (χ0n) is 70.6. The summed E-state index contributed by atoms with van der Waals surface area (Å²) in [6, 6.07) is 47.4. The number of hydrogen-bond acceptors (Lipinski definition) is 22. The van der Waals surface area contributed by atoms with E-state index in [2.05, 4.69) is 194 Å². The average molecular weight is 1620 g/mol. The Kier molecular flexibility index (Phi) is 26.1. The predicted molar refractivity (Wildman–Crippen MR) is 477 cm³/mol. The van der Waals surface area contributed by atoms with E-state index in [0.29, 0.717) is 44.5 Å². The summed E-state index contributed by atoms with van der Waals surface area (Å²) in [4.78, 5) is 73.5. The molecule has 19 rings (SSSR count). The van der Waals surface area contributed by atoms with Crippen molar-refractivity contribution in [1.29, 1.82) is 0 Å². The summed E-state index contributed by atoms with van der Waals surface area (Å²) in [5.41, 5.74) is 11.0. The molecule has 3 fully saturated rings. The summed E-state index contributed by atoms with van der Waals surface area (Å²) >= 11 is 0. The molecule has 7 aliphatic heterocycles. The van der Waals surface area contributed by atoms with Crippen molar-refractivity contribution in [2.45, 2.75) is 80.1 Å². The van der Waals surface area contributed by atoms with Crippen LogP contribution in [0.4, 0.5) is 0 Å². The SMILES string of the molecule is CCN(CC)CCN(C)Cc1ccc2c(c1)-c1n[nH]c(=O)c3cccc(c13)O2.CCN(CC)CCN(CC)Cc1ccc2c(c1)-c1n[nH]c(=O)c3cccc(c13)O2.CN(C)CCCN1CCN(Cc2ccc3c(c2)-c2n[nH]c(=O)c4cccc(c24)O3)CC1.O=c1[nH]nc2c3c(cccc13)Oc1ccc(CN3CCN(CCN4CCCC4)CC3)cc1-2. The Morgan fingerprint density at radius 3 is 0.992 bits per heavy atom. The minimum Gasteiger partial charge on any atom is -0.456 e. The summed E-state index contributed by atoms with van der Waals surface area (Å²) in [5.74, 6) is 5.88. The standard InChI is InChI=1S/C25H29N5O2.C24H29N5O2.C23H28N4O2.C22H26N4O2/c31-25-19-4-3-5-22-23(19)24(26-27-25)20-16-18(6-7-21(20)32-22)17-30-14-12-29(13-15-30)11-10-28-8-1-2-9-28;1-27(2)9-4-10-28-11-13-29(14-12-28)16-17-7-8-20-19(15-17)23-22-18(24(30)26-25-23)5-3-6-21(22)31-20;1-4-26(5-2)12-13-27(6-3)15-16-10-11-19-18(14-16)22-21-17(23(28)25-24-22)8-7-9-20(21)29-19;1-4-26(5-2)12-11-25(3)14-15-9-10-18-17(13-15)21-20-16(22(27)24-23-21)7-6-8-19(20)28-18/h3-7,16H,1-2,8-15,17H2,(H,27,31);3,5-8,15H,4,9-14,16H2,1-2H3,(H,26,30);7-11,14H,4-6,12-13,15H2,1-3H3,(H,25,28);6-10,13H,4-5,11-12,14H2,1-3H3,(H,24,27). The number of likely N-dealkylation sites (N-methyl/N-ethyl adjacent to an activating group) is 4. The monoisotopic (exact) mass is 1620 g/mol. The molecule has 626 valence electrons. The molecule has 0 aliphatic carbocycles. The topological polar surface area (TPSA) is 252 Å². The molecule has 0 unspecified atom stereocenters. The van der Waals surface area contributed by atoms with E-state index in [4.69, 9.17) is 18.9 Å². The Morgan fingerprint density at radius 2 is 0.633 bits per heavy atom. The van der Waals surface area contributed by atoms with E-state index in [0.717, 1.165) is 234 Å². The van der Waals surface area contributed by atoms with Crippen molar-refractivity contribution >= 4 is 43.1 Å². The number of likely N-dealkylation sites (tertiary alicyclic amines) is 1. The minimum atomic E-state index is -0.194. The quantitative estimate of drug-likeness (QED) is 0.0393. The van der Waals surface area contributed by atoms with Gasteiger partial charge in [0.05, 0.1) is 43.1 Å². The highest BCUT2D eigenvalue weighted by Crippen LogP contribution is 2.49. The van der Waals surface area contributed by atoms with Crippen molar-refractivity contribution in [3.8, 4) is 91.0 Å². The van der Waals surface area contributed by atoms with Crippen LogP contribution in [0.1, 0.15) is 76.1 Å². The second kappa shape index (κ2) is 37.8. The van der Waals surface area contributed by atoms with Gasteiger partial charge in [0, 0.05) is 140 Å².